The van der Waals surface area contributed by atoms with Crippen LogP contribution in [0.5, 0.6) is 0 Å². The van der Waals surface area contributed by atoms with Gasteiger partial charge in [0.25, 0.3) is 4.93 Å². The zero-order valence-corrected chi connectivity index (χ0v) is 11.2. The predicted octanol–water partition coefficient (Wildman–Crippen LogP) is 2.44. The molecular formula is C12H10F2N2O4S. The first-order chi connectivity index (χ1) is 9.75. The van der Waals surface area contributed by atoms with Gasteiger partial charge in [0.1, 0.15) is 6.04 Å². The number of halogens is 2. The van der Waals surface area contributed by atoms with Gasteiger partial charge in [-0.15, -0.1) is 0 Å². The molecule has 0 aliphatic heterocycles. The minimum atomic E-state index is -5.42. The van der Waals surface area contributed by atoms with Crippen molar-refractivity contribution in [2.45, 2.75) is 11.0 Å². The summed E-state index contributed by atoms with van der Waals surface area (Å²) in [6.45, 7) is 0. The molecule has 1 aliphatic carbocycles. The average molecular weight is 316 g/mol. The topological polar surface area (TPSA) is 99.3 Å². The van der Waals surface area contributed by atoms with E-state index in [2.05, 4.69) is 10.2 Å². The number of benzene rings is 1. The summed E-state index contributed by atoms with van der Waals surface area (Å²) in [5.41, 5.74) is 0.427. The Morgan fingerprint density at radius 1 is 1.10 bits per heavy atom. The minimum Gasteiger partial charge on any atom is -0.362 e. The molecule has 1 aliphatic rings. The maximum absolute atomic E-state index is 13.6. The Bertz CT molecular complexity index is 709. The van der Waals surface area contributed by atoms with Crippen LogP contribution in [0.25, 0.3) is 0 Å². The summed E-state index contributed by atoms with van der Waals surface area (Å²) in [7, 11) is -5.42. The molecule has 0 spiro atoms. The zero-order valence-electron chi connectivity index (χ0n) is 10.4. The van der Waals surface area contributed by atoms with Gasteiger partial charge in [-0.1, -0.05) is 18.2 Å². The lowest BCUT2D eigenvalue weighted by Gasteiger charge is -2.25. The molecule has 0 radical (unpaired) electrons. The SMILES string of the molecule is O=S(=O)(O)C1(O)C(F)=CC(N=Nc2ccccc2)C=C1F. The molecule has 0 saturated carbocycles. The van der Waals surface area contributed by atoms with E-state index in [9.17, 15) is 22.3 Å². The fourth-order valence-corrected chi connectivity index (χ4v) is 2.26. The standard InChI is InChI=1S/C12H10F2N2O4S/c13-10-6-9(16-15-8-4-2-1-3-5-8)7-11(14)12(10,17)21(18,19)20/h1-7,9,17H,(H,18,19,20). The molecule has 1 aromatic rings. The van der Waals surface area contributed by atoms with Crippen LogP contribution in [0.15, 0.2) is 64.4 Å². The molecule has 0 fully saturated rings. The Labute approximate surface area is 118 Å². The molecule has 6 nitrogen and oxygen atoms in total. The molecule has 2 rings (SSSR count). The quantitative estimate of drug-likeness (QED) is 0.661. The highest BCUT2D eigenvalue weighted by molar-refractivity contribution is 7.87. The first-order valence-corrected chi connectivity index (χ1v) is 7.10. The van der Waals surface area contributed by atoms with E-state index >= 15 is 0 Å². The first-order valence-electron chi connectivity index (χ1n) is 5.66. The van der Waals surface area contributed by atoms with Gasteiger partial charge >= 0.3 is 10.1 Å². The van der Waals surface area contributed by atoms with Crippen molar-refractivity contribution in [3.05, 3.63) is 54.1 Å². The third kappa shape index (κ3) is 2.89. The highest BCUT2D eigenvalue weighted by Gasteiger charge is 2.52. The summed E-state index contributed by atoms with van der Waals surface area (Å²) < 4.78 is 57.8. The van der Waals surface area contributed by atoms with E-state index in [4.69, 9.17) is 4.55 Å². The van der Waals surface area contributed by atoms with Crippen LogP contribution < -0.4 is 0 Å². The average Bonchev–Trinajstić information content (AvgIpc) is 2.42. The number of aliphatic hydroxyl groups is 1. The van der Waals surface area contributed by atoms with Gasteiger partial charge in [-0.2, -0.15) is 18.6 Å². The molecule has 0 saturated heterocycles. The fourth-order valence-electron chi connectivity index (χ4n) is 1.63. The minimum absolute atomic E-state index is 0.427. The third-order valence-electron chi connectivity index (χ3n) is 2.72. The molecule has 0 bridgehead atoms. The third-order valence-corrected chi connectivity index (χ3v) is 3.85. The van der Waals surface area contributed by atoms with Crippen LogP contribution in [-0.4, -0.2) is 29.1 Å². The summed E-state index contributed by atoms with van der Waals surface area (Å²) in [5.74, 6) is -3.55. The van der Waals surface area contributed by atoms with Gasteiger partial charge in [0.05, 0.1) is 5.69 Å². The molecular weight excluding hydrogens is 306 g/mol. The van der Waals surface area contributed by atoms with Crippen LogP contribution in [0.4, 0.5) is 14.5 Å². The summed E-state index contributed by atoms with van der Waals surface area (Å²) in [6.07, 6.45) is 1.09. The van der Waals surface area contributed by atoms with E-state index in [-0.39, 0.29) is 0 Å². The first kappa shape index (κ1) is 15.4. The smallest absolute Gasteiger partial charge is 0.308 e. The molecule has 0 amide bonds. The van der Waals surface area contributed by atoms with Crippen LogP contribution in [-0.2, 0) is 10.1 Å². The number of hydrogen-bond acceptors (Lipinski definition) is 5. The Kier molecular flexibility index (Phi) is 3.99. The van der Waals surface area contributed by atoms with Crippen LogP contribution in [0, 0.1) is 0 Å². The number of azo groups is 1. The van der Waals surface area contributed by atoms with Crippen molar-refractivity contribution < 1.29 is 26.9 Å². The van der Waals surface area contributed by atoms with Crippen LogP contribution in [0.2, 0.25) is 0 Å². The van der Waals surface area contributed by atoms with E-state index in [1.807, 2.05) is 0 Å². The van der Waals surface area contributed by atoms with E-state index in [0.29, 0.717) is 17.8 Å². The Balaban J connectivity index is 2.31. The monoisotopic (exact) mass is 316 g/mol. The molecule has 9 heteroatoms. The van der Waals surface area contributed by atoms with Crippen molar-refractivity contribution in [1.29, 1.82) is 0 Å². The van der Waals surface area contributed by atoms with Crippen molar-refractivity contribution in [2.75, 3.05) is 0 Å². The lowest BCUT2D eigenvalue weighted by molar-refractivity contribution is 0.130. The van der Waals surface area contributed by atoms with E-state index in [1.54, 1.807) is 30.3 Å². The maximum atomic E-state index is 13.6. The molecule has 0 atom stereocenters. The van der Waals surface area contributed by atoms with Crippen molar-refractivity contribution in [3.63, 3.8) is 0 Å². The van der Waals surface area contributed by atoms with Gasteiger partial charge in [-0.3, -0.25) is 4.55 Å². The fraction of sp³-hybridized carbons (Fsp3) is 0.167. The Morgan fingerprint density at radius 2 is 1.62 bits per heavy atom. The van der Waals surface area contributed by atoms with Crippen molar-refractivity contribution >= 4 is 15.8 Å². The molecule has 21 heavy (non-hydrogen) atoms. The van der Waals surface area contributed by atoms with E-state index < -0.39 is 32.7 Å². The summed E-state index contributed by atoms with van der Waals surface area (Å²) in [6, 6.07) is 7.05. The lowest BCUT2D eigenvalue weighted by atomic mass is 10.1. The summed E-state index contributed by atoms with van der Waals surface area (Å²) >= 11 is 0. The second-order valence-corrected chi connectivity index (χ2v) is 5.73. The summed E-state index contributed by atoms with van der Waals surface area (Å²) in [4.78, 5) is -3.72. The van der Waals surface area contributed by atoms with Gasteiger partial charge in [0, 0.05) is 0 Å². The highest BCUT2D eigenvalue weighted by atomic mass is 32.2. The van der Waals surface area contributed by atoms with Crippen molar-refractivity contribution in [1.82, 2.24) is 0 Å². The predicted molar refractivity (Wildman–Crippen MR) is 69.6 cm³/mol. The Morgan fingerprint density at radius 3 is 2.10 bits per heavy atom. The van der Waals surface area contributed by atoms with E-state index in [0.717, 1.165) is 0 Å². The molecule has 0 unspecified atom stereocenters. The molecule has 1 aromatic carbocycles. The van der Waals surface area contributed by atoms with Gasteiger partial charge < -0.3 is 5.11 Å². The van der Waals surface area contributed by atoms with Gasteiger partial charge in [-0.05, 0) is 24.3 Å². The Hall–Kier alpha value is -1.97. The largest absolute Gasteiger partial charge is 0.362 e. The number of hydrogen-bond donors (Lipinski definition) is 2. The van der Waals surface area contributed by atoms with Crippen LogP contribution >= 0.6 is 0 Å². The van der Waals surface area contributed by atoms with Gasteiger partial charge in [0.2, 0.25) is 0 Å². The van der Waals surface area contributed by atoms with Crippen molar-refractivity contribution in [3.8, 4) is 0 Å². The molecule has 0 aromatic heterocycles. The van der Waals surface area contributed by atoms with Crippen LogP contribution in [0.1, 0.15) is 0 Å². The molecule has 0 heterocycles. The number of rotatable bonds is 3. The maximum Gasteiger partial charge on any atom is 0.308 e. The van der Waals surface area contributed by atoms with E-state index in [1.165, 1.54) is 0 Å². The normalized spacial score (nSPS) is 26.6. The van der Waals surface area contributed by atoms with Gasteiger partial charge in [0.15, 0.2) is 11.7 Å². The molecule has 2 N–H and O–H groups in total. The second-order valence-electron chi connectivity index (χ2n) is 4.19. The number of nitrogens with zero attached hydrogens (tertiary/aromatic N) is 2. The lowest BCUT2D eigenvalue weighted by Crippen LogP contribution is -2.42. The summed E-state index contributed by atoms with van der Waals surface area (Å²) in [5, 5.41) is 16.8. The second kappa shape index (κ2) is 5.43. The molecule has 112 valence electrons. The van der Waals surface area contributed by atoms with Crippen molar-refractivity contribution in [2.24, 2.45) is 10.2 Å². The van der Waals surface area contributed by atoms with Gasteiger partial charge in [-0.25, -0.2) is 8.78 Å². The highest BCUT2D eigenvalue weighted by Crippen LogP contribution is 2.37. The zero-order chi connectivity index (χ0) is 15.7. The van der Waals surface area contributed by atoms with Crippen LogP contribution in [0.3, 0.4) is 0 Å².